The lowest BCUT2D eigenvalue weighted by Crippen LogP contribution is -2.15. The fourth-order valence-electron chi connectivity index (χ4n) is 2.31. The Morgan fingerprint density at radius 3 is 2.80 bits per heavy atom. The largest absolute Gasteiger partial charge is 0.497 e. The van der Waals surface area contributed by atoms with E-state index in [2.05, 4.69) is 16.4 Å². The molecule has 0 aliphatic heterocycles. The van der Waals surface area contributed by atoms with Crippen molar-refractivity contribution in [1.82, 2.24) is 4.98 Å². The molecule has 0 unspecified atom stereocenters. The molecular weight excluding hydrogens is 356 g/mol. The molecule has 0 aliphatic rings. The van der Waals surface area contributed by atoms with Gasteiger partial charge in [-0.3, -0.25) is 4.79 Å². The molecular formula is C18H18N2O3S2. The molecule has 130 valence electrons. The van der Waals surface area contributed by atoms with Gasteiger partial charge >= 0.3 is 0 Å². The minimum Gasteiger partial charge on any atom is -0.497 e. The third-order valence-electron chi connectivity index (χ3n) is 3.48. The molecule has 0 aliphatic carbocycles. The number of carbonyl (C=O) groups is 1. The summed E-state index contributed by atoms with van der Waals surface area (Å²) in [6.45, 7) is 0. The van der Waals surface area contributed by atoms with Crippen molar-refractivity contribution < 1.29 is 14.3 Å². The van der Waals surface area contributed by atoms with Gasteiger partial charge in [0.1, 0.15) is 16.5 Å². The smallest absolute Gasteiger partial charge is 0.234 e. The van der Waals surface area contributed by atoms with Crippen molar-refractivity contribution in [3.63, 3.8) is 0 Å². The summed E-state index contributed by atoms with van der Waals surface area (Å²) in [6, 6.07) is 13.3. The standard InChI is InChI=1S/C18H18N2O3S2/c1-22-12-7-8-15(23-2)14(9-12)19-17(21)10-24-11-18-20-13-5-3-4-6-16(13)25-18/h3-9H,10-11H2,1-2H3,(H,19,21). The van der Waals surface area contributed by atoms with Gasteiger partial charge in [0.15, 0.2) is 0 Å². The Labute approximate surface area is 154 Å². The molecule has 0 fully saturated rings. The summed E-state index contributed by atoms with van der Waals surface area (Å²) in [5.74, 6) is 2.24. The van der Waals surface area contributed by atoms with Crippen LogP contribution in [0.1, 0.15) is 5.01 Å². The number of benzene rings is 2. The van der Waals surface area contributed by atoms with E-state index in [1.54, 1.807) is 43.8 Å². The SMILES string of the molecule is COc1ccc(OC)c(NC(=O)CSCc2nc3ccccc3s2)c1. The van der Waals surface area contributed by atoms with Crippen LogP contribution in [0.2, 0.25) is 0 Å². The van der Waals surface area contributed by atoms with Crippen LogP contribution in [0, 0.1) is 0 Å². The molecule has 7 heteroatoms. The first-order valence-corrected chi connectivity index (χ1v) is 9.61. The van der Waals surface area contributed by atoms with E-state index in [4.69, 9.17) is 9.47 Å². The molecule has 0 atom stereocenters. The summed E-state index contributed by atoms with van der Waals surface area (Å²) in [6.07, 6.45) is 0. The average Bonchev–Trinajstić information content (AvgIpc) is 3.04. The van der Waals surface area contributed by atoms with Crippen molar-refractivity contribution in [1.29, 1.82) is 0 Å². The maximum Gasteiger partial charge on any atom is 0.234 e. The second-order valence-electron chi connectivity index (χ2n) is 5.18. The Balaban J connectivity index is 1.56. The summed E-state index contributed by atoms with van der Waals surface area (Å²) >= 11 is 3.20. The highest BCUT2D eigenvalue weighted by molar-refractivity contribution is 7.99. The predicted octanol–water partition coefficient (Wildman–Crippen LogP) is 4.19. The van der Waals surface area contributed by atoms with Gasteiger partial charge in [0.2, 0.25) is 5.91 Å². The van der Waals surface area contributed by atoms with E-state index in [1.165, 1.54) is 16.5 Å². The minimum absolute atomic E-state index is 0.0855. The van der Waals surface area contributed by atoms with Crippen LogP contribution in [-0.2, 0) is 10.5 Å². The molecule has 1 aromatic heterocycles. The highest BCUT2D eigenvalue weighted by atomic mass is 32.2. The molecule has 1 heterocycles. The van der Waals surface area contributed by atoms with E-state index in [0.717, 1.165) is 10.5 Å². The van der Waals surface area contributed by atoms with Gasteiger partial charge in [0.25, 0.3) is 0 Å². The van der Waals surface area contributed by atoms with E-state index >= 15 is 0 Å². The Hall–Kier alpha value is -2.25. The number of thiazole rings is 1. The van der Waals surface area contributed by atoms with E-state index in [1.807, 2.05) is 18.2 Å². The molecule has 3 rings (SSSR count). The lowest BCUT2D eigenvalue weighted by Gasteiger charge is -2.11. The number of methoxy groups -OCH3 is 2. The number of nitrogens with zero attached hydrogens (tertiary/aromatic N) is 1. The zero-order valence-electron chi connectivity index (χ0n) is 13.9. The molecule has 5 nitrogen and oxygen atoms in total. The van der Waals surface area contributed by atoms with Crippen LogP contribution in [-0.4, -0.2) is 30.9 Å². The van der Waals surface area contributed by atoms with Crippen LogP contribution in [0.3, 0.4) is 0 Å². The fourth-order valence-corrected chi connectivity index (χ4v) is 4.16. The molecule has 1 N–H and O–H groups in total. The third-order valence-corrected chi connectivity index (χ3v) is 5.64. The molecule has 0 radical (unpaired) electrons. The molecule has 0 spiro atoms. The van der Waals surface area contributed by atoms with Crippen molar-refractivity contribution in [2.75, 3.05) is 25.3 Å². The van der Waals surface area contributed by atoms with E-state index < -0.39 is 0 Å². The minimum atomic E-state index is -0.0855. The monoisotopic (exact) mass is 374 g/mol. The maximum atomic E-state index is 12.2. The van der Waals surface area contributed by atoms with Crippen molar-refractivity contribution in [3.05, 3.63) is 47.5 Å². The van der Waals surface area contributed by atoms with Gasteiger partial charge in [-0.05, 0) is 24.3 Å². The average molecular weight is 374 g/mol. The number of amides is 1. The Bertz CT molecular complexity index is 847. The van der Waals surface area contributed by atoms with E-state index in [9.17, 15) is 4.79 Å². The molecule has 0 bridgehead atoms. The summed E-state index contributed by atoms with van der Waals surface area (Å²) < 4.78 is 11.6. The topological polar surface area (TPSA) is 60.5 Å². The van der Waals surface area contributed by atoms with Gasteiger partial charge in [0, 0.05) is 11.8 Å². The van der Waals surface area contributed by atoms with Crippen molar-refractivity contribution in [2.24, 2.45) is 0 Å². The van der Waals surface area contributed by atoms with Crippen LogP contribution >= 0.6 is 23.1 Å². The first-order valence-electron chi connectivity index (χ1n) is 7.63. The van der Waals surface area contributed by atoms with Crippen LogP contribution in [0.25, 0.3) is 10.2 Å². The summed E-state index contributed by atoms with van der Waals surface area (Å²) in [7, 11) is 3.15. The highest BCUT2D eigenvalue weighted by Gasteiger charge is 2.10. The van der Waals surface area contributed by atoms with Crippen molar-refractivity contribution in [3.8, 4) is 11.5 Å². The second kappa shape index (κ2) is 8.22. The molecule has 0 saturated carbocycles. The molecule has 2 aromatic carbocycles. The first kappa shape index (κ1) is 17.6. The number of hydrogen-bond donors (Lipinski definition) is 1. The Morgan fingerprint density at radius 2 is 2.04 bits per heavy atom. The van der Waals surface area contributed by atoms with Crippen LogP contribution in [0.5, 0.6) is 11.5 Å². The van der Waals surface area contributed by atoms with Gasteiger partial charge in [-0.25, -0.2) is 4.98 Å². The molecule has 3 aromatic rings. The zero-order chi connectivity index (χ0) is 17.6. The fraction of sp³-hybridized carbons (Fsp3) is 0.222. The number of aromatic nitrogens is 1. The quantitative estimate of drug-likeness (QED) is 0.672. The summed E-state index contributed by atoms with van der Waals surface area (Å²) in [5, 5.41) is 3.89. The van der Waals surface area contributed by atoms with E-state index in [0.29, 0.717) is 28.7 Å². The second-order valence-corrected chi connectivity index (χ2v) is 7.28. The Morgan fingerprint density at radius 1 is 1.20 bits per heavy atom. The van der Waals surface area contributed by atoms with Gasteiger partial charge in [-0.15, -0.1) is 23.1 Å². The predicted molar refractivity (Wildman–Crippen MR) is 104 cm³/mol. The number of nitrogens with one attached hydrogen (secondary N) is 1. The van der Waals surface area contributed by atoms with Crippen molar-refractivity contribution in [2.45, 2.75) is 5.75 Å². The number of fused-ring (bicyclic) bond motifs is 1. The number of hydrogen-bond acceptors (Lipinski definition) is 6. The highest BCUT2D eigenvalue weighted by Crippen LogP contribution is 2.29. The lowest BCUT2D eigenvalue weighted by atomic mass is 10.2. The third kappa shape index (κ3) is 4.43. The molecule has 1 amide bonds. The molecule has 0 saturated heterocycles. The number of anilines is 1. The van der Waals surface area contributed by atoms with E-state index in [-0.39, 0.29) is 5.91 Å². The van der Waals surface area contributed by atoms with Gasteiger partial charge in [-0.1, -0.05) is 12.1 Å². The van der Waals surface area contributed by atoms with Crippen LogP contribution in [0.4, 0.5) is 5.69 Å². The summed E-state index contributed by atoms with van der Waals surface area (Å²) in [4.78, 5) is 16.8. The number of para-hydroxylation sites is 1. The maximum absolute atomic E-state index is 12.2. The van der Waals surface area contributed by atoms with Gasteiger partial charge < -0.3 is 14.8 Å². The van der Waals surface area contributed by atoms with Crippen LogP contribution < -0.4 is 14.8 Å². The summed E-state index contributed by atoms with van der Waals surface area (Å²) in [5.41, 5.74) is 1.61. The van der Waals surface area contributed by atoms with Gasteiger partial charge in [-0.2, -0.15) is 0 Å². The lowest BCUT2D eigenvalue weighted by molar-refractivity contribution is -0.113. The van der Waals surface area contributed by atoms with Crippen molar-refractivity contribution >= 4 is 44.9 Å². The van der Waals surface area contributed by atoms with Gasteiger partial charge in [0.05, 0.1) is 35.9 Å². The Kier molecular flexibility index (Phi) is 5.78. The number of ether oxygens (including phenoxy) is 2. The first-order chi connectivity index (χ1) is 12.2. The number of thioether (sulfide) groups is 1. The zero-order valence-corrected chi connectivity index (χ0v) is 15.6. The van der Waals surface area contributed by atoms with Crippen LogP contribution in [0.15, 0.2) is 42.5 Å². The number of carbonyl (C=O) groups excluding carboxylic acids is 1. The normalized spacial score (nSPS) is 10.6. The molecule has 25 heavy (non-hydrogen) atoms. The number of rotatable bonds is 7.